The molecule has 390 valence electrons. The van der Waals surface area contributed by atoms with E-state index in [2.05, 4.69) is 30.3 Å². The molecule has 1 aliphatic rings. The van der Waals surface area contributed by atoms with Gasteiger partial charge in [-0.2, -0.15) is 16.8 Å². The van der Waals surface area contributed by atoms with Crippen molar-refractivity contribution in [1.82, 2.24) is 5.32 Å². The Hall–Kier alpha value is -1.93. The maximum Gasteiger partial charge on any atom is 0.397 e. The number of carbonyl (C=O) groups excluding carboxylic acids is 3. The van der Waals surface area contributed by atoms with E-state index in [1.165, 1.54) is 103 Å². The van der Waals surface area contributed by atoms with Crippen LogP contribution >= 0.6 is 0 Å². The number of rotatable bonds is 44. The fraction of sp³-hybridized carbons (Fsp3) is 0.938. The predicted molar refractivity (Wildman–Crippen MR) is 255 cm³/mol. The standard InChI is InChI=1S/C48H91NO15S2/c1-4-7-10-13-16-19-21-24-27-30-33-36-43(51)61-40(35-32-29-26-23-18-15-12-9-6-3)38-42(50)49-45-47(63-44(52)37-34-31-28-25-22-20-17-14-11-8-5-2)46(64-66(57,58)59)41(62-48(45)53)39-60-65(54,55)56/h40-41,45-48,53H,4-39H2,1-3H3,(H,49,50)(H,54,55,56)(H,57,58,59)/t40-,41+,45+,46+,47+,48?/m0/s1. The number of nitrogens with one attached hydrogen (secondary N) is 1. The first-order valence-electron chi connectivity index (χ1n) is 25.9. The number of aliphatic hydroxyl groups excluding tert-OH is 1. The summed E-state index contributed by atoms with van der Waals surface area (Å²) in [6, 6.07) is -1.70. The van der Waals surface area contributed by atoms with Crippen LogP contribution in [0.5, 0.6) is 0 Å². The van der Waals surface area contributed by atoms with Gasteiger partial charge >= 0.3 is 32.7 Å². The lowest BCUT2D eigenvalue weighted by molar-refractivity contribution is -0.252. The first-order valence-corrected chi connectivity index (χ1v) is 28.6. The molecule has 0 radical (unpaired) electrons. The molecule has 16 nitrogen and oxygen atoms in total. The molecule has 0 aromatic heterocycles. The van der Waals surface area contributed by atoms with Gasteiger partial charge in [0.1, 0.15) is 24.4 Å². The number of ether oxygens (including phenoxy) is 3. The largest absolute Gasteiger partial charge is 0.462 e. The quantitative estimate of drug-likeness (QED) is 0.0252. The van der Waals surface area contributed by atoms with Gasteiger partial charge in [0.15, 0.2) is 12.4 Å². The molecule has 4 N–H and O–H groups in total. The van der Waals surface area contributed by atoms with Crippen LogP contribution in [0, 0.1) is 0 Å². The van der Waals surface area contributed by atoms with Crippen molar-refractivity contribution < 1.29 is 68.0 Å². The van der Waals surface area contributed by atoms with Gasteiger partial charge in [0.2, 0.25) is 5.91 Å². The Bertz CT molecular complexity index is 1470. The highest BCUT2D eigenvalue weighted by Crippen LogP contribution is 2.28. The third-order valence-electron chi connectivity index (χ3n) is 12.2. The Morgan fingerprint density at radius 2 is 0.939 bits per heavy atom. The molecule has 0 saturated carbocycles. The lowest BCUT2D eigenvalue weighted by Gasteiger charge is -2.43. The van der Waals surface area contributed by atoms with Crippen LogP contribution in [0.3, 0.4) is 0 Å². The minimum absolute atomic E-state index is 0.119. The monoisotopic (exact) mass is 986 g/mol. The molecule has 6 atom stereocenters. The predicted octanol–water partition coefficient (Wildman–Crippen LogP) is 10.7. The lowest BCUT2D eigenvalue weighted by atomic mass is 9.96. The summed E-state index contributed by atoms with van der Waals surface area (Å²) in [6.07, 6.45) is 24.7. The molecule has 1 heterocycles. The third kappa shape index (κ3) is 34.4. The van der Waals surface area contributed by atoms with Gasteiger partial charge in [0, 0.05) is 12.8 Å². The Balaban J connectivity index is 3.04. The summed E-state index contributed by atoms with van der Waals surface area (Å²) in [7, 11) is -10.5. The second kappa shape index (κ2) is 38.9. The topological polar surface area (TPSA) is 238 Å². The van der Waals surface area contributed by atoms with Crippen molar-refractivity contribution in [2.24, 2.45) is 0 Å². The zero-order chi connectivity index (χ0) is 48.9. The molecule has 18 heteroatoms. The summed E-state index contributed by atoms with van der Waals surface area (Å²) in [5.74, 6) is -2.03. The van der Waals surface area contributed by atoms with Gasteiger partial charge < -0.3 is 24.6 Å². The zero-order valence-electron chi connectivity index (χ0n) is 41.0. The van der Waals surface area contributed by atoms with Crippen LogP contribution in [0.4, 0.5) is 0 Å². The first kappa shape index (κ1) is 62.1. The molecule has 0 aromatic rings. The number of hydrogen-bond donors (Lipinski definition) is 4. The maximum absolute atomic E-state index is 13.8. The van der Waals surface area contributed by atoms with Gasteiger partial charge in [-0.15, -0.1) is 0 Å². The summed E-state index contributed by atoms with van der Waals surface area (Å²) in [5, 5.41) is 13.7. The molecule has 0 aliphatic carbocycles. The number of hydrogen-bond acceptors (Lipinski definition) is 13. The second-order valence-electron chi connectivity index (χ2n) is 18.3. The number of carbonyl (C=O) groups is 3. The van der Waals surface area contributed by atoms with Crippen LogP contribution in [0.15, 0.2) is 0 Å². The van der Waals surface area contributed by atoms with E-state index in [0.29, 0.717) is 32.1 Å². The zero-order valence-corrected chi connectivity index (χ0v) is 42.6. The van der Waals surface area contributed by atoms with Gasteiger partial charge in [-0.05, 0) is 25.7 Å². The van der Waals surface area contributed by atoms with Crippen LogP contribution in [-0.4, -0.2) is 92.2 Å². The number of unbranched alkanes of at least 4 members (excludes halogenated alkanes) is 28. The van der Waals surface area contributed by atoms with Crippen molar-refractivity contribution >= 4 is 38.6 Å². The minimum atomic E-state index is -5.35. The molecule has 1 rings (SSSR count). The number of amides is 1. The minimum Gasteiger partial charge on any atom is -0.462 e. The average molecular weight is 986 g/mol. The van der Waals surface area contributed by atoms with E-state index >= 15 is 0 Å². The summed E-state index contributed by atoms with van der Waals surface area (Å²) in [4.78, 5) is 40.1. The van der Waals surface area contributed by atoms with Crippen molar-refractivity contribution in [3.63, 3.8) is 0 Å². The van der Waals surface area contributed by atoms with E-state index in [9.17, 15) is 45.4 Å². The normalized spacial score (nSPS) is 19.4. The smallest absolute Gasteiger partial charge is 0.397 e. The molecule has 1 fully saturated rings. The maximum atomic E-state index is 13.8. The molecule has 1 amide bonds. The van der Waals surface area contributed by atoms with Gasteiger partial charge in [0.05, 0.1) is 13.0 Å². The Labute approximate surface area is 399 Å². The highest BCUT2D eigenvalue weighted by molar-refractivity contribution is 7.81. The number of aliphatic hydroxyl groups is 1. The van der Waals surface area contributed by atoms with Crippen molar-refractivity contribution in [3.8, 4) is 0 Å². The second-order valence-corrected chi connectivity index (χ2v) is 20.5. The molecule has 1 saturated heterocycles. The Morgan fingerprint density at radius 3 is 1.35 bits per heavy atom. The van der Waals surface area contributed by atoms with Crippen LogP contribution in [0.2, 0.25) is 0 Å². The fourth-order valence-electron chi connectivity index (χ4n) is 8.42. The van der Waals surface area contributed by atoms with Gasteiger partial charge in [0.25, 0.3) is 0 Å². The summed E-state index contributed by atoms with van der Waals surface area (Å²) in [6.45, 7) is 5.44. The molecule has 1 aliphatic heterocycles. The van der Waals surface area contributed by atoms with Crippen molar-refractivity contribution in [2.75, 3.05) is 6.61 Å². The van der Waals surface area contributed by atoms with Crippen molar-refractivity contribution in [1.29, 1.82) is 0 Å². The fourth-order valence-corrected chi connectivity index (χ4v) is 9.24. The Morgan fingerprint density at radius 1 is 0.545 bits per heavy atom. The summed E-state index contributed by atoms with van der Waals surface area (Å²) < 4.78 is 92.0. The van der Waals surface area contributed by atoms with Crippen molar-refractivity contribution in [2.45, 2.75) is 282 Å². The van der Waals surface area contributed by atoms with Crippen LogP contribution in [0.25, 0.3) is 0 Å². The highest BCUT2D eigenvalue weighted by atomic mass is 32.3. The van der Waals surface area contributed by atoms with E-state index in [1.54, 1.807) is 0 Å². The summed E-state index contributed by atoms with van der Waals surface area (Å²) >= 11 is 0. The molecule has 0 spiro atoms. The van der Waals surface area contributed by atoms with E-state index in [1.807, 2.05) is 0 Å². The SMILES string of the molecule is CCCCCCCCCCCCCC(=O)O[C@@H](CCCCCCCCCCC)CC(=O)N[C@H]1C(O)O[C@H](COS(=O)(=O)O)[C@@H](OS(=O)(=O)O)[C@@H]1OC(=O)CCCCCCCCCCCCC. The van der Waals surface area contributed by atoms with Gasteiger partial charge in [-0.25, -0.2) is 8.37 Å². The van der Waals surface area contributed by atoms with Gasteiger partial charge in [-0.3, -0.25) is 23.5 Å². The molecule has 0 aromatic carbocycles. The molecule has 0 bridgehead atoms. The molecule has 1 unspecified atom stereocenters. The van der Waals surface area contributed by atoms with E-state index in [0.717, 1.165) is 70.6 Å². The van der Waals surface area contributed by atoms with E-state index in [-0.39, 0.29) is 19.3 Å². The van der Waals surface area contributed by atoms with Crippen LogP contribution < -0.4 is 5.32 Å². The van der Waals surface area contributed by atoms with Gasteiger partial charge in [-0.1, -0.05) is 201 Å². The molecular weight excluding hydrogens is 895 g/mol. The molecule has 66 heavy (non-hydrogen) atoms. The summed E-state index contributed by atoms with van der Waals surface area (Å²) in [5.41, 5.74) is 0. The molecular formula is C48H91NO15S2. The van der Waals surface area contributed by atoms with Crippen molar-refractivity contribution in [3.05, 3.63) is 0 Å². The average Bonchev–Trinajstić information content (AvgIpc) is 3.24. The van der Waals surface area contributed by atoms with E-state index < -0.39 is 82.0 Å². The lowest BCUT2D eigenvalue weighted by Crippen LogP contribution is -2.66. The van der Waals surface area contributed by atoms with Crippen LogP contribution in [0.1, 0.15) is 245 Å². The van der Waals surface area contributed by atoms with E-state index in [4.69, 9.17) is 18.4 Å². The first-order chi connectivity index (χ1) is 31.6. The number of esters is 2. The highest BCUT2D eigenvalue weighted by Gasteiger charge is 2.51. The van der Waals surface area contributed by atoms with Crippen LogP contribution in [-0.2, 0) is 57.8 Å². The third-order valence-corrected chi connectivity index (χ3v) is 13.1. The Kier molecular flexibility index (Phi) is 36.6.